The lowest BCUT2D eigenvalue weighted by Gasteiger charge is -2.17. The van der Waals surface area contributed by atoms with E-state index < -0.39 is 23.4 Å². The Hall–Kier alpha value is -3.49. The Morgan fingerprint density at radius 2 is 1.79 bits per heavy atom. The highest BCUT2D eigenvalue weighted by Crippen LogP contribution is 2.30. The van der Waals surface area contributed by atoms with Crippen molar-refractivity contribution in [3.05, 3.63) is 101 Å². The number of nitrogens with one attached hydrogen (secondary N) is 1. The van der Waals surface area contributed by atoms with Crippen LogP contribution in [0.5, 0.6) is 0 Å². The number of benzene rings is 3. The third-order valence-corrected chi connectivity index (χ3v) is 5.73. The topological polar surface area (TPSA) is 61.8 Å². The van der Waals surface area contributed by atoms with Gasteiger partial charge in [0, 0.05) is 5.02 Å². The van der Waals surface area contributed by atoms with Gasteiger partial charge in [0.15, 0.2) is 5.17 Å². The summed E-state index contributed by atoms with van der Waals surface area (Å²) in [5.41, 5.74) is 1.32. The van der Waals surface area contributed by atoms with Gasteiger partial charge in [0.25, 0.3) is 5.91 Å². The minimum atomic E-state index is -0.618. The second-order valence-corrected chi connectivity index (χ2v) is 8.29. The summed E-state index contributed by atoms with van der Waals surface area (Å²) in [5, 5.41) is 2.98. The van der Waals surface area contributed by atoms with Crippen molar-refractivity contribution in [2.45, 2.75) is 0 Å². The van der Waals surface area contributed by atoms with Crippen LogP contribution in [0.3, 0.4) is 0 Å². The Kier molecular flexibility index (Phi) is 6.86. The fourth-order valence-electron chi connectivity index (χ4n) is 3.03. The van der Waals surface area contributed by atoms with E-state index in [1.165, 1.54) is 41.3 Å². The highest BCUT2D eigenvalue weighted by Gasteiger charge is 2.32. The minimum Gasteiger partial charge on any atom is -0.323 e. The van der Waals surface area contributed by atoms with Gasteiger partial charge in [-0.25, -0.2) is 13.8 Å². The number of aliphatic imine (C=N–C) groups is 1. The molecule has 1 heterocycles. The first kappa shape index (κ1) is 22.7. The maximum atomic E-state index is 13.9. The van der Waals surface area contributed by atoms with Crippen molar-refractivity contribution in [1.29, 1.82) is 0 Å². The van der Waals surface area contributed by atoms with E-state index in [1.54, 1.807) is 6.08 Å². The van der Waals surface area contributed by atoms with E-state index in [0.29, 0.717) is 5.69 Å². The Labute approximate surface area is 197 Å². The molecule has 3 aromatic carbocycles. The number of rotatable bonds is 5. The van der Waals surface area contributed by atoms with Crippen molar-refractivity contribution >= 4 is 57.8 Å². The average Bonchev–Trinajstić information content (AvgIpc) is 3.11. The fraction of sp³-hybridized carbons (Fsp3) is 0.0417. The van der Waals surface area contributed by atoms with Crippen molar-refractivity contribution in [1.82, 2.24) is 0 Å². The molecule has 1 aliphatic rings. The van der Waals surface area contributed by atoms with Gasteiger partial charge in [0.1, 0.15) is 17.3 Å². The van der Waals surface area contributed by atoms with Gasteiger partial charge in [-0.15, -0.1) is 0 Å². The first-order chi connectivity index (χ1) is 15.9. The van der Waals surface area contributed by atoms with Gasteiger partial charge in [0.05, 0.1) is 17.1 Å². The summed E-state index contributed by atoms with van der Waals surface area (Å²) >= 11 is 6.86. The zero-order valence-corrected chi connectivity index (χ0v) is 18.5. The van der Waals surface area contributed by atoms with E-state index in [1.807, 2.05) is 30.3 Å². The summed E-state index contributed by atoms with van der Waals surface area (Å²) in [6.45, 7) is 0. The van der Waals surface area contributed by atoms with Crippen LogP contribution < -0.4 is 10.2 Å². The number of nitrogens with zero attached hydrogens (tertiary/aromatic N) is 2. The molecule has 0 saturated heterocycles. The first-order valence-electron chi connectivity index (χ1n) is 9.74. The number of amidine groups is 1. The van der Waals surface area contributed by atoms with Gasteiger partial charge in [-0.2, -0.15) is 0 Å². The van der Waals surface area contributed by atoms with Crippen LogP contribution in [0, 0.1) is 11.6 Å². The van der Waals surface area contributed by atoms with Gasteiger partial charge >= 0.3 is 0 Å². The van der Waals surface area contributed by atoms with Crippen LogP contribution in [-0.2, 0) is 9.59 Å². The van der Waals surface area contributed by atoms with Crippen molar-refractivity contribution < 1.29 is 18.4 Å². The number of carbonyl (C=O) groups is 2. The molecule has 33 heavy (non-hydrogen) atoms. The van der Waals surface area contributed by atoms with Gasteiger partial charge in [0.2, 0.25) is 5.91 Å². The smallest absolute Gasteiger partial charge is 0.283 e. The maximum Gasteiger partial charge on any atom is 0.283 e. The molecule has 1 N–H and O–H groups in total. The molecule has 2 amide bonds. The van der Waals surface area contributed by atoms with Crippen molar-refractivity contribution in [2.24, 2.45) is 4.99 Å². The van der Waals surface area contributed by atoms with Crippen LogP contribution in [-0.4, -0.2) is 22.7 Å². The first-order valence-corrected chi connectivity index (χ1v) is 11.1. The molecular weight excluding hydrogens is 468 g/mol. The Morgan fingerprint density at radius 3 is 2.52 bits per heavy atom. The quantitative estimate of drug-likeness (QED) is 0.471. The number of anilines is 2. The third-order valence-electron chi connectivity index (χ3n) is 4.55. The summed E-state index contributed by atoms with van der Waals surface area (Å²) in [6.07, 6.45) is 1.63. The van der Waals surface area contributed by atoms with E-state index >= 15 is 0 Å². The van der Waals surface area contributed by atoms with Gasteiger partial charge in [-0.1, -0.05) is 53.7 Å². The van der Waals surface area contributed by atoms with E-state index in [-0.39, 0.29) is 27.3 Å². The number of halogens is 3. The van der Waals surface area contributed by atoms with Crippen molar-refractivity contribution in [2.75, 3.05) is 16.0 Å². The zero-order chi connectivity index (χ0) is 23.4. The van der Waals surface area contributed by atoms with E-state index in [4.69, 9.17) is 11.6 Å². The molecule has 1 aliphatic heterocycles. The lowest BCUT2D eigenvalue weighted by molar-refractivity contribution is -0.114. The molecule has 0 radical (unpaired) electrons. The molecule has 3 aromatic rings. The van der Waals surface area contributed by atoms with Gasteiger partial charge in [-0.3, -0.25) is 14.5 Å². The summed E-state index contributed by atoms with van der Waals surface area (Å²) in [6, 6.07) is 18.4. The highest BCUT2D eigenvalue weighted by atomic mass is 35.5. The minimum absolute atomic E-state index is 0.0439. The molecule has 4 rings (SSSR count). The normalized spacial score (nSPS) is 14.5. The molecule has 0 saturated carbocycles. The molecule has 0 bridgehead atoms. The highest BCUT2D eigenvalue weighted by molar-refractivity contribution is 8.14. The predicted molar refractivity (Wildman–Crippen MR) is 128 cm³/mol. The summed E-state index contributed by atoms with van der Waals surface area (Å²) in [7, 11) is 0. The van der Waals surface area contributed by atoms with Crippen LogP contribution >= 0.6 is 23.4 Å². The summed E-state index contributed by atoms with van der Waals surface area (Å²) < 4.78 is 27.3. The van der Waals surface area contributed by atoms with E-state index in [9.17, 15) is 18.4 Å². The van der Waals surface area contributed by atoms with Crippen LogP contribution in [0.15, 0.2) is 83.5 Å². The molecular formula is C24H16ClF2N3O2S. The molecule has 0 atom stereocenters. The summed E-state index contributed by atoms with van der Waals surface area (Å²) in [4.78, 5) is 31.2. The predicted octanol–water partition coefficient (Wildman–Crippen LogP) is 5.73. The molecule has 0 unspecified atom stereocenters. The molecule has 9 heteroatoms. The monoisotopic (exact) mass is 483 g/mol. The van der Waals surface area contributed by atoms with Crippen LogP contribution in [0.2, 0.25) is 5.02 Å². The van der Waals surface area contributed by atoms with Crippen molar-refractivity contribution in [3.63, 3.8) is 0 Å². The molecule has 0 fully saturated rings. The molecule has 5 nitrogen and oxygen atoms in total. The zero-order valence-electron chi connectivity index (χ0n) is 17.0. The van der Waals surface area contributed by atoms with Crippen LogP contribution in [0.25, 0.3) is 6.08 Å². The Bertz CT molecular complexity index is 1260. The standard InChI is InChI=1S/C24H16ClF2N3O2S/c25-16-6-11-19(27)20(13-16)28-22(31)14-33-24-29-21(12-15-4-2-1-3-5-15)23(32)30(24)18-9-7-17(26)8-10-18/h1-13H,14H2,(H,28,31)/b21-12+. The van der Waals surface area contributed by atoms with Crippen LogP contribution in [0.4, 0.5) is 20.2 Å². The van der Waals surface area contributed by atoms with Gasteiger partial charge < -0.3 is 5.32 Å². The second kappa shape index (κ2) is 9.97. The maximum absolute atomic E-state index is 13.9. The number of hydrogen-bond donors (Lipinski definition) is 1. The Balaban J connectivity index is 1.56. The van der Waals surface area contributed by atoms with E-state index in [0.717, 1.165) is 23.4 Å². The van der Waals surface area contributed by atoms with Crippen LogP contribution in [0.1, 0.15) is 5.56 Å². The molecule has 0 aromatic heterocycles. The lowest BCUT2D eigenvalue weighted by Crippen LogP contribution is -2.31. The average molecular weight is 484 g/mol. The fourth-order valence-corrected chi connectivity index (χ4v) is 4.01. The third kappa shape index (κ3) is 5.47. The number of amides is 2. The Morgan fingerprint density at radius 1 is 1.06 bits per heavy atom. The van der Waals surface area contributed by atoms with Gasteiger partial charge in [-0.05, 0) is 54.1 Å². The molecule has 0 spiro atoms. The lowest BCUT2D eigenvalue weighted by atomic mass is 10.2. The number of carbonyl (C=O) groups excluding carboxylic acids is 2. The van der Waals surface area contributed by atoms with Crippen molar-refractivity contribution in [3.8, 4) is 0 Å². The second-order valence-electron chi connectivity index (χ2n) is 6.91. The van der Waals surface area contributed by atoms with E-state index in [2.05, 4.69) is 10.3 Å². The summed E-state index contributed by atoms with van der Waals surface area (Å²) in [5.74, 6) is -2.12. The molecule has 166 valence electrons. The number of hydrogen-bond acceptors (Lipinski definition) is 4. The molecule has 0 aliphatic carbocycles. The SMILES string of the molecule is O=C(CSC1=N/C(=C/c2ccccc2)C(=O)N1c1ccc(F)cc1)Nc1cc(Cl)ccc1F. The number of thioether (sulfide) groups is 1. The largest absolute Gasteiger partial charge is 0.323 e.